The van der Waals surface area contributed by atoms with Crippen LogP contribution in [0.25, 0.3) is 6.08 Å². The highest BCUT2D eigenvalue weighted by Gasteiger charge is 2.30. The monoisotopic (exact) mass is 588 g/mol. The summed E-state index contributed by atoms with van der Waals surface area (Å²) >= 11 is 0. The highest BCUT2D eigenvalue weighted by molar-refractivity contribution is 6.08. The Morgan fingerprint density at radius 1 is 0.651 bits per heavy atom. The summed E-state index contributed by atoms with van der Waals surface area (Å²) < 4.78 is 0. The molecular weight excluding hydrogens is 524 g/mol. The van der Waals surface area contributed by atoms with Crippen LogP contribution in [0.15, 0.2) is 30.3 Å². The lowest BCUT2D eigenvalue weighted by Gasteiger charge is -2.30. The first kappa shape index (κ1) is 36.8. The van der Waals surface area contributed by atoms with Crippen LogP contribution in [0.3, 0.4) is 0 Å². The van der Waals surface area contributed by atoms with Crippen LogP contribution in [-0.4, -0.2) is 10.9 Å². The average molecular weight is 589 g/mol. The van der Waals surface area contributed by atoms with E-state index in [1.807, 2.05) is 6.08 Å². The van der Waals surface area contributed by atoms with E-state index in [0.717, 1.165) is 106 Å². The molecule has 4 atom stereocenters. The van der Waals surface area contributed by atoms with Crippen LogP contribution in [0, 0.1) is 0 Å². The van der Waals surface area contributed by atoms with E-state index in [-0.39, 0.29) is 23.5 Å². The predicted octanol–water partition coefficient (Wildman–Crippen LogP) is 13.0. The Kier molecular flexibility index (Phi) is 16.4. The van der Waals surface area contributed by atoms with Crippen molar-refractivity contribution in [3.63, 3.8) is 0 Å². The molecule has 43 heavy (non-hydrogen) atoms. The molecule has 2 aromatic carbocycles. The van der Waals surface area contributed by atoms with E-state index in [4.69, 9.17) is 0 Å². The van der Waals surface area contributed by atoms with Crippen molar-refractivity contribution in [2.45, 2.75) is 169 Å². The maximum atomic E-state index is 14.5. The molecule has 4 unspecified atom stereocenters. The number of hydrogen-bond acceptors (Lipinski definition) is 2. The molecule has 1 N–H and O–H groups in total. The van der Waals surface area contributed by atoms with E-state index in [1.54, 1.807) is 0 Å². The molecule has 0 heterocycles. The van der Waals surface area contributed by atoms with Crippen molar-refractivity contribution in [1.82, 2.24) is 0 Å². The molecule has 0 saturated heterocycles. The summed E-state index contributed by atoms with van der Waals surface area (Å²) in [7, 11) is 0. The number of aryl methyl sites for hydroxylation is 1. The van der Waals surface area contributed by atoms with Crippen LogP contribution in [0.1, 0.15) is 207 Å². The number of aromatic hydroxyl groups is 1. The molecule has 2 nitrogen and oxygen atoms in total. The topological polar surface area (TPSA) is 37.3 Å². The molecule has 0 amide bonds. The predicted molar refractivity (Wildman–Crippen MR) is 189 cm³/mol. The van der Waals surface area contributed by atoms with Crippen molar-refractivity contribution < 1.29 is 9.90 Å². The van der Waals surface area contributed by atoms with Gasteiger partial charge < -0.3 is 5.11 Å². The molecule has 2 rings (SSSR count). The van der Waals surface area contributed by atoms with E-state index in [1.165, 1.54) is 16.7 Å². The number of rotatable bonds is 20. The number of carbonyl (C=O) groups is 1. The van der Waals surface area contributed by atoms with Gasteiger partial charge in [0.15, 0.2) is 5.78 Å². The van der Waals surface area contributed by atoms with Gasteiger partial charge in [-0.2, -0.15) is 0 Å². The van der Waals surface area contributed by atoms with Crippen molar-refractivity contribution in [1.29, 1.82) is 0 Å². The molecule has 0 saturated carbocycles. The molecule has 0 aliphatic rings. The molecule has 240 valence electrons. The summed E-state index contributed by atoms with van der Waals surface area (Å²) in [6, 6.07) is 8.96. The van der Waals surface area contributed by atoms with Crippen molar-refractivity contribution in [3.05, 3.63) is 69.3 Å². The maximum Gasteiger partial charge on any atom is 0.186 e. The van der Waals surface area contributed by atoms with Gasteiger partial charge in [0.25, 0.3) is 0 Å². The van der Waals surface area contributed by atoms with Crippen LogP contribution in [0.5, 0.6) is 5.75 Å². The van der Waals surface area contributed by atoms with Gasteiger partial charge in [0, 0.05) is 11.1 Å². The Morgan fingerprint density at radius 3 is 1.63 bits per heavy atom. The molecule has 0 aliphatic carbocycles. The second-order valence-electron chi connectivity index (χ2n) is 12.8. The number of ketones is 1. The molecule has 0 bridgehead atoms. The summed E-state index contributed by atoms with van der Waals surface area (Å²) in [4.78, 5) is 14.5. The number of benzene rings is 2. The lowest BCUT2D eigenvalue weighted by molar-refractivity contribution is 0.104. The summed E-state index contributed by atoms with van der Waals surface area (Å²) in [5.74, 6) is 1.84. The van der Waals surface area contributed by atoms with E-state index >= 15 is 0 Å². The zero-order chi connectivity index (χ0) is 31.9. The largest absolute Gasteiger partial charge is 0.507 e. The fraction of sp³-hybridized carbons (Fsp3) is 0.634. The van der Waals surface area contributed by atoms with Gasteiger partial charge in [0.1, 0.15) is 5.75 Å². The fourth-order valence-electron chi connectivity index (χ4n) is 7.37. The molecule has 2 heteroatoms. The van der Waals surface area contributed by atoms with Crippen molar-refractivity contribution in [2.24, 2.45) is 0 Å². The Labute approximate surface area is 265 Å². The quantitative estimate of drug-likeness (QED) is 0.123. The Bertz CT molecular complexity index is 1160. The van der Waals surface area contributed by atoms with Gasteiger partial charge in [-0.15, -0.1) is 0 Å². The number of phenolic OH excluding ortho intramolecular Hbond substituents is 1. The zero-order valence-corrected chi connectivity index (χ0v) is 29.3. The normalized spacial score (nSPS) is 14.6. The summed E-state index contributed by atoms with van der Waals surface area (Å²) in [5, 5.41) is 12.1. The minimum atomic E-state index is 0.0844. The van der Waals surface area contributed by atoms with Gasteiger partial charge in [0.05, 0.1) is 0 Å². The number of carbonyl (C=O) groups excluding carboxylic acids is 1. The lowest BCUT2D eigenvalue weighted by atomic mass is 9.75. The molecule has 0 fully saturated rings. The first-order valence-corrected chi connectivity index (χ1v) is 18.0. The average Bonchev–Trinajstić information content (AvgIpc) is 3.02. The van der Waals surface area contributed by atoms with Gasteiger partial charge in [-0.3, -0.25) is 4.79 Å². The Hall–Kier alpha value is -2.35. The number of hydrogen-bond donors (Lipinski definition) is 1. The van der Waals surface area contributed by atoms with E-state index in [0.29, 0.717) is 11.7 Å². The standard InChI is InChI=1S/C41H64O2/c1-10-19-30(15-6)35-25-23-29(14-5)27-34(35)24-26-38(42)37-28-36(31(16-7)20-11-2)41(43)40(33(18-9)22-13-4)39(37)32(17-8)21-12-3/h23-28,30-33,43H,10-22H2,1-9H3/b26-24-. The van der Waals surface area contributed by atoms with Crippen LogP contribution < -0.4 is 0 Å². The third-order valence-electron chi connectivity index (χ3n) is 9.86. The highest BCUT2D eigenvalue weighted by Crippen LogP contribution is 2.47. The maximum absolute atomic E-state index is 14.5. The van der Waals surface area contributed by atoms with Crippen LogP contribution in [0.4, 0.5) is 0 Å². The van der Waals surface area contributed by atoms with Crippen LogP contribution in [-0.2, 0) is 6.42 Å². The minimum absolute atomic E-state index is 0.0844. The van der Waals surface area contributed by atoms with Crippen LogP contribution >= 0.6 is 0 Å². The van der Waals surface area contributed by atoms with Crippen molar-refractivity contribution >= 4 is 11.9 Å². The minimum Gasteiger partial charge on any atom is -0.507 e. The van der Waals surface area contributed by atoms with E-state index in [2.05, 4.69) is 92.7 Å². The SMILES string of the molecule is CCCC(CC)c1ccc(CC)cc1/C=C\C(=O)c1cc(C(CC)CCC)c(O)c(C(CC)CCC)c1C(CC)CCC. The number of allylic oxidation sites excluding steroid dienone is 1. The second kappa shape index (κ2) is 19.1. The first-order valence-electron chi connectivity index (χ1n) is 18.0. The van der Waals surface area contributed by atoms with Gasteiger partial charge in [0.2, 0.25) is 0 Å². The number of phenols is 1. The summed E-state index contributed by atoms with van der Waals surface area (Å²) in [6.07, 6.45) is 17.5. The molecular formula is C41H64O2. The van der Waals surface area contributed by atoms with E-state index in [9.17, 15) is 9.90 Å². The van der Waals surface area contributed by atoms with Gasteiger partial charge in [-0.25, -0.2) is 0 Å². The second-order valence-corrected chi connectivity index (χ2v) is 12.8. The van der Waals surface area contributed by atoms with Crippen LogP contribution in [0.2, 0.25) is 0 Å². The van der Waals surface area contributed by atoms with Gasteiger partial charge >= 0.3 is 0 Å². The zero-order valence-electron chi connectivity index (χ0n) is 29.3. The third kappa shape index (κ3) is 9.32. The van der Waals surface area contributed by atoms with Crippen molar-refractivity contribution in [2.75, 3.05) is 0 Å². The van der Waals surface area contributed by atoms with E-state index < -0.39 is 0 Å². The van der Waals surface area contributed by atoms with Crippen molar-refractivity contribution in [3.8, 4) is 5.75 Å². The lowest BCUT2D eigenvalue weighted by Crippen LogP contribution is -2.15. The van der Waals surface area contributed by atoms with Gasteiger partial charge in [-0.1, -0.05) is 112 Å². The Morgan fingerprint density at radius 2 is 1.14 bits per heavy atom. The molecule has 0 radical (unpaired) electrons. The Balaban J connectivity index is 2.89. The highest BCUT2D eigenvalue weighted by atomic mass is 16.3. The first-order chi connectivity index (χ1) is 20.8. The van der Waals surface area contributed by atoms with Gasteiger partial charge in [-0.05, 0) is 121 Å². The molecule has 0 spiro atoms. The summed E-state index contributed by atoms with van der Waals surface area (Å²) in [6.45, 7) is 20.1. The fourth-order valence-corrected chi connectivity index (χ4v) is 7.37. The third-order valence-corrected chi connectivity index (χ3v) is 9.86. The summed E-state index contributed by atoms with van der Waals surface area (Å²) in [5.41, 5.74) is 7.88. The molecule has 0 aliphatic heterocycles. The smallest absolute Gasteiger partial charge is 0.186 e. The molecule has 2 aromatic rings. The molecule has 0 aromatic heterocycles.